The first-order chi connectivity index (χ1) is 11.4. The van der Waals surface area contributed by atoms with Crippen molar-refractivity contribution >= 4 is 80.4 Å². The molecule has 1 heterocycles. The van der Waals surface area contributed by atoms with Gasteiger partial charge >= 0.3 is 0 Å². The second-order valence-corrected chi connectivity index (χ2v) is 7.74. The fourth-order valence-electron chi connectivity index (χ4n) is 1.93. The van der Waals surface area contributed by atoms with Crippen molar-refractivity contribution in [3.05, 3.63) is 60.5 Å². The minimum atomic E-state index is -0.236. The van der Waals surface area contributed by atoms with E-state index in [1.165, 1.54) is 11.8 Å². The molecule has 24 heavy (non-hydrogen) atoms. The number of benzene rings is 2. The van der Waals surface area contributed by atoms with Gasteiger partial charge in [0.1, 0.15) is 5.75 Å². The van der Waals surface area contributed by atoms with Crippen LogP contribution in [0, 0.1) is 3.57 Å². The molecule has 1 saturated heterocycles. The summed E-state index contributed by atoms with van der Waals surface area (Å²) in [5, 5.41) is 13.4. The molecule has 0 radical (unpaired) electrons. The van der Waals surface area contributed by atoms with Gasteiger partial charge in [-0.25, -0.2) is 4.99 Å². The average molecular weight is 491 g/mol. The van der Waals surface area contributed by atoms with Crippen LogP contribution in [0.1, 0.15) is 5.56 Å². The number of carbonyl (C=O) groups is 1. The van der Waals surface area contributed by atoms with E-state index in [4.69, 9.17) is 23.2 Å². The molecule has 3 rings (SSSR count). The fourth-order valence-corrected chi connectivity index (χ4v) is 3.64. The smallest absolute Gasteiger partial charge is 0.264 e. The third kappa shape index (κ3) is 3.88. The van der Waals surface area contributed by atoms with Gasteiger partial charge in [0.25, 0.3) is 5.91 Å². The summed E-state index contributed by atoms with van der Waals surface area (Å²) in [6.45, 7) is 0. The Kier molecular flexibility index (Phi) is 5.39. The first-order valence-electron chi connectivity index (χ1n) is 6.66. The van der Waals surface area contributed by atoms with Crippen molar-refractivity contribution in [2.75, 3.05) is 0 Å². The number of aliphatic imine (C=N–C) groups is 1. The number of phenolic OH excluding ortho intramolecular Hbond substituents is 1. The summed E-state index contributed by atoms with van der Waals surface area (Å²) in [6.07, 6.45) is 1.74. The molecule has 8 heteroatoms. The van der Waals surface area contributed by atoms with Crippen molar-refractivity contribution in [3.8, 4) is 5.75 Å². The predicted molar refractivity (Wildman–Crippen MR) is 108 cm³/mol. The quantitative estimate of drug-likeness (QED) is 0.449. The van der Waals surface area contributed by atoms with Crippen molar-refractivity contribution in [1.82, 2.24) is 5.32 Å². The molecule has 0 bridgehead atoms. The number of thioether (sulfide) groups is 1. The second-order valence-electron chi connectivity index (χ2n) is 4.77. The monoisotopic (exact) mass is 490 g/mol. The number of carbonyl (C=O) groups excluding carboxylic acids is 1. The Morgan fingerprint density at radius 1 is 1.25 bits per heavy atom. The first-order valence-corrected chi connectivity index (χ1v) is 9.31. The summed E-state index contributed by atoms with van der Waals surface area (Å²) in [6, 6.07) is 10.3. The number of amidine groups is 1. The van der Waals surface area contributed by atoms with Crippen LogP contribution >= 0.6 is 57.6 Å². The van der Waals surface area contributed by atoms with Crippen LogP contribution in [0.5, 0.6) is 5.75 Å². The molecule has 1 aliphatic heterocycles. The van der Waals surface area contributed by atoms with Crippen molar-refractivity contribution in [2.24, 2.45) is 4.99 Å². The van der Waals surface area contributed by atoms with Crippen molar-refractivity contribution in [3.63, 3.8) is 0 Å². The molecule has 1 amide bonds. The zero-order valence-electron chi connectivity index (χ0n) is 11.9. The largest absolute Gasteiger partial charge is 0.507 e. The number of hydrogen-bond donors (Lipinski definition) is 2. The fraction of sp³-hybridized carbons (Fsp3) is 0. The Morgan fingerprint density at radius 2 is 2.04 bits per heavy atom. The van der Waals surface area contributed by atoms with Crippen LogP contribution in [0.15, 0.2) is 46.3 Å². The van der Waals surface area contributed by atoms with Gasteiger partial charge in [-0.2, -0.15) is 0 Å². The molecule has 122 valence electrons. The number of rotatable bonds is 2. The van der Waals surface area contributed by atoms with Crippen molar-refractivity contribution in [2.45, 2.75) is 0 Å². The molecule has 0 atom stereocenters. The van der Waals surface area contributed by atoms with E-state index in [9.17, 15) is 9.90 Å². The summed E-state index contributed by atoms with van der Waals surface area (Å²) in [4.78, 5) is 16.9. The molecule has 0 unspecified atom stereocenters. The van der Waals surface area contributed by atoms with E-state index >= 15 is 0 Å². The van der Waals surface area contributed by atoms with Gasteiger partial charge in [-0.1, -0.05) is 35.3 Å². The zero-order chi connectivity index (χ0) is 17.3. The van der Waals surface area contributed by atoms with E-state index in [0.717, 1.165) is 5.56 Å². The molecular weight excluding hydrogens is 482 g/mol. The number of amides is 1. The van der Waals surface area contributed by atoms with Crippen LogP contribution in [-0.2, 0) is 4.79 Å². The molecule has 2 aromatic carbocycles. The van der Waals surface area contributed by atoms with Gasteiger partial charge in [0, 0.05) is 0 Å². The minimum Gasteiger partial charge on any atom is -0.507 e. The molecule has 0 aliphatic carbocycles. The van der Waals surface area contributed by atoms with Gasteiger partial charge in [0.05, 0.1) is 24.2 Å². The van der Waals surface area contributed by atoms with Crippen LogP contribution in [0.4, 0.5) is 5.69 Å². The van der Waals surface area contributed by atoms with Crippen LogP contribution < -0.4 is 5.32 Å². The Morgan fingerprint density at radius 3 is 2.79 bits per heavy atom. The number of halogens is 3. The van der Waals surface area contributed by atoms with Gasteiger partial charge in [0.15, 0.2) is 5.17 Å². The summed E-state index contributed by atoms with van der Waals surface area (Å²) in [5.74, 6) is -0.0286. The number of aromatic hydroxyl groups is 1. The van der Waals surface area contributed by atoms with Gasteiger partial charge in [-0.05, 0) is 70.3 Å². The van der Waals surface area contributed by atoms with Gasteiger partial charge in [-0.15, -0.1) is 0 Å². The molecule has 0 aromatic heterocycles. The highest BCUT2D eigenvalue weighted by molar-refractivity contribution is 14.1. The average Bonchev–Trinajstić information content (AvgIpc) is 2.87. The Hall–Kier alpha value is -1.22. The van der Waals surface area contributed by atoms with E-state index < -0.39 is 0 Å². The van der Waals surface area contributed by atoms with Gasteiger partial charge < -0.3 is 10.4 Å². The first kappa shape index (κ1) is 17.6. The molecule has 2 aromatic rings. The van der Waals surface area contributed by atoms with Crippen LogP contribution in [-0.4, -0.2) is 16.2 Å². The molecule has 2 N–H and O–H groups in total. The van der Waals surface area contributed by atoms with Gasteiger partial charge in [0.2, 0.25) is 0 Å². The van der Waals surface area contributed by atoms with E-state index in [0.29, 0.717) is 29.4 Å². The summed E-state index contributed by atoms with van der Waals surface area (Å²) in [7, 11) is 0. The Balaban J connectivity index is 1.88. The van der Waals surface area contributed by atoms with Crippen molar-refractivity contribution < 1.29 is 9.90 Å². The van der Waals surface area contributed by atoms with E-state index in [-0.39, 0.29) is 11.7 Å². The summed E-state index contributed by atoms with van der Waals surface area (Å²) < 4.78 is 0.713. The Labute approximate surface area is 166 Å². The lowest BCUT2D eigenvalue weighted by molar-refractivity contribution is -0.115. The SMILES string of the molecule is O=C1NC(=Nc2cccc(Cl)c2Cl)S/C1=C/c1ccc(O)c(I)c1. The normalized spacial score (nSPS) is 17.5. The maximum atomic E-state index is 12.1. The van der Waals surface area contributed by atoms with Crippen LogP contribution in [0.3, 0.4) is 0 Å². The maximum Gasteiger partial charge on any atom is 0.264 e. The third-order valence-corrected chi connectivity index (χ3v) is 5.66. The summed E-state index contributed by atoms with van der Waals surface area (Å²) >= 11 is 15.3. The predicted octanol–water partition coefficient (Wildman–Crippen LogP) is 5.20. The third-order valence-electron chi connectivity index (χ3n) is 3.07. The summed E-state index contributed by atoms with van der Waals surface area (Å²) in [5.41, 5.74) is 1.31. The Bertz CT molecular complexity index is 900. The molecule has 0 saturated carbocycles. The molecule has 1 aliphatic rings. The maximum absolute atomic E-state index is 12.1. The van der Waals surface area contributed by atoms with E-state index in [1.54, 1.807) is 42.5 Å². The second kappa shape index (κ2) is 7.35. The zero-order valence-corrected chi connectivity index (χ0v) is 16.4. The topological polar surface area (TPSA) is 61.7 Å². The number of nitrogens with one attached hydrogen (secondary N) is 1. The highest BCUT2D eigenvalue weighted by atomic mass is 127. The van der Waals surface area contributed by atoms with Crippen molar-refractivity contribution in [1.29, 1.82) is 0 Å². The minimum absolute atomic E-state index is 0.208. The van der Waals surface area contributed by atoms with E-state index in [2.05, 4.69) is 10.3 Å². The lowest BCUT2D eigenvalue weighted by Gasteiger charge is -2.01. The lowest BCUT2D eigenvalue weighted by atomic mass is 10.2. The number of phenols is 1. The molecular formula is C16H9Cl2IN2O2S. The highest BCUT2D eigenvalue weighted by Crippen LogP contribution is 2.34. The standard InChI is InChI=1S/C16H9Cl2IN2O2S/c17-9-2-1-3-11(14(9)18)20-16-21-15(23)13(24-16)7-8-4-5-12(22)10(19)6-8/h1-7,22H,(H,20,21,23)/b13-7+. The van der Waals surface area contributed by atoms with E-state index in [1.807, 2.05) is 22.6 Å². The van der Waals surface area contributed by atoms with Gasteiger partial charge in [-0.3, -0.25) is 4.79 Å². The highest BCUT2D eigenvalue weighted by Gasteiger charge is 2.24. The number of nitrogens with zero attached hydrogens (tertiary/aromatic N) is 1. The van der Waals surface area contributed by atoms with Crippen LogP contribution in [0.25, 0.3) is 6.08 Å². The number of hydrogen-bond acceptors (Lipinski definition) is 4. The lowest BCUT2D eigenvalue weighted by Crippen LogP contribution is -2.19. The van der Waals surface area contributed by atoms with Crippen LogP contribution in [0.2, 0.25) is 10.0 Å². The molecule has 1 fully saturated rings. The molecule has 4 nitrogen and oxygen atoms in total. The molecule has 0 spiro atoms.